The highest BCUT2D eigenvalue weighted by atomic mass is 16.6. The number of nitro groups is 1. The van der Waals surface area contributed by atoms with Crippen molar-refractivity contribution in [3.63, 3.8) is 0 Å². The van der Waals surface area contributed by atoms with Crippen molar-refractivity contribution in [2.75, 3.05) is 0 Å². The summed E-state index contributed by atoms with van der Waals surface area (Å²) in [6.07, 6.45) is 2.63. The molecule has 0 aliphatic rings. The molecule has 0 bridgehead atoms. The Morgan fingerprint density at radius 2 is 2.58 bits per heavy atom. The Kier molecular flexibility index (Phi) is 2.04. The lowest BCUT2D eigenvalue weighted by Gasteiger charge is -1.95. The first-order valence-electron chi connectivity index (χ1n) is 3.00. The number of hydrogen-bond donors (Lipinski definition) is 1. The van der Waals surface area contributed by atoms with E-state index in [4.69, 9.17) is 5.21 Å². The van der Waals surface area contributed by atoms with Crippen LogP contribution in [-0.2, 0) is 7.05 Å². The third kappa shape index (κ3) is 1.24. The van der Waals surface area contributed by atoms with E-state index in [0.717, 1.165) is 0 Å². The Hall–Kier alpha value is -1.92. The Labute approximate surface area is 67.1 Å². The van der Waals surface area contributed by atoms with Crippen LogP contribution >= 0.6 is 0 Å². The minimum atomic E-state index is -0.781. The number of aryl methyl sites for hydroxylation is 1. The van der Waals surface area contributed by atoms with E-state index >= 15 is 0 Å². The number of nitrogens with zero attached hydrogens (tertiary/aromatic N) is 4. The Morgan fingerprint density at radius 3 is 2.92 bits per heavy atom. The van der Waals surface area contributed by atoms with Crippen LogP contribution in [0.1, 0.15) is 5.69 Å². The summed E-state index contributed by atoms with van der Waals surface area (Å²) in [6, 6.07) is 0. The van der Waals surface area contributed by atoms with Gasteiger partial charge >= 0.3 is 5.84 Å². The zero-order valence-corrected chi connectivity index (χ0v) is 6.21. The van der Waals surface area contributed by atoms with E-state index in [1.54, 1.807) is 7.05 Å². The van der Waals surface area contributed by atoms with Crippen molar-refractivity contribution in [3.8, 4) is 0 Å². The van der Waals surface area contributed by atoms with Crippen LogP contribution in [0.3, 0.4) is 0 Å². The molecule has 0 aliphatic carbocycles. The van der Waals surface area contributed by atoms with Gasteiger partial charge in [0.15, 0.2) is 10.8 Å². The van der Waals surface area contributed by atoms with E-state index in [-0.39, 0.29) is 5.69 Å². The average molecular weight is 170 g/mol. The van der Waals surface area contributed by atoms with Crippen molar-refractivity contribution in [2.45, 2.75) is 0 Å². The largest absolute Gasteiger partial charge is 0.434 e. The number of aromatic nitrogens is 2. The zero-order chi connectivity index (χ0) is 9.14. The summed E-state index contributed by atoms with van der Waals surface area (Å²) in [7, 11) is 1.57. The van der Waals surface area contributed by atoms with Gasteiger partial charge in [-0.15, -0.1) is 0 Å². The first-order valence-corrected chi connectivity index (χ1v) is 3.00. The SMILES string of the molecule is Cn1cncc1/C(=N\O)[N+](=O)[O-]. The molecule has 0 saturated carbocycles. The molecule has 0 spiro atoms. The van der Waals surface area contributed by atoms with Crippen LogP contribution in [0.25, 0.3) is 0 Å². The molecule has 0 unspecified atom stereocenters. The van der Waals surface area contributed by atoms with Gasteiger partial charge in [0.25, 0.3) is 0 Å². The predicted octanol–water partition coefficient (Wildman–Crippen LogP) is -0.167. The second-order valence-corrected chi connectivity index (χ2v) is 2.07. The molecule has 0 aliphatic heterocycles. The molecule has 0 saturated heterocycles. The summed E-state index contributed by atoms with van der Waals surface area (Å²) in [5.41, 5.74) is 0.155. The summed E-state index contributed by atoms with van der Waals surface area (Å²) < 4.78 is 1.39. The predicted molar refractivity (Wildman–Crippen MR) is 38.5 cm³/mol. The minimum absolute atomic E-state index is 0.155. The van der Waals surface area contributed by atoms with Crippen molar-refractivity contribution in [1.29, 1.82) is 0 Å². The second kappa shape index (κ2) is 2.99. The first-order chi connectivity index (χ1) is 5.66. The molecule has 12 heavy (non-hydrogen) atoms. The maximum atomic E-state index is 10.3. The number of hydrogen-bond acceptors (Lipinski definition) is 5. The molecule has 0 fully saturated rings. The van der Waals surface area contributed by atoms with Crippen molar-refractivity contribution in [3.05, 3.63) is 28.3 Å². The van der Waals surface area contributed by atoms with E-state index in [9.17, 15) is 10.1 Å². The number of rotatable bonds is 1. The molecule has 1 N–H and O–H groups in total. The van der Waals surface area contributed by atoms with E-state index < -0.39 is 10.8 Å². The van der Waals surface area contributed by atoms with Crippen molar-refractivity contribution >= 4 is 5.84 Å². The average Bonchev–Trinajstić information content (AvgIpc) is 2.38. The topological polar surface area (TPSA) is 93.5 Å². The molecule has 7 nitrogen and oxygen atoms in total. The molecule has 7 heteroatoms. The Bertz CT molecular complexity index is 329. The van der Waals surface area contributed by atoms with Crippen LogP contribution in [0.5, 0.6) is 0 Å². The molecule has 0 atom stereocenters. The van der Waals surface area contributed by atoms with Crippen LogP contribution < -0.4 is 0 Å². The molecule has 1 aromatic rings. The molecular weight excluding hydrogens is 164 g/mol. The number of amidine groups is 1. The van der Waals surface area contributed by atoms with Gasteiger partial charge < -0.3 is 19.9 Å². The van der Waals surface area contributed by atoms with Gasteiger partial charge in [-0.3, -0.25) is 0 Å². The van der Waals surface area contributed by atoms with E-state index in [1.165, 1.54) is 17.1 Å². The lowest BCUT2D eigenvalue weighted by molar-refractivity contribution is -0.351. The third-order valence-electron chi connectivity index (χ3n) is 1.31. The quantitative estimate of drug-likeness (QED) is 0.208. The van der Waals surface area contributed by atoms with Gasteiger partial charge in [0.1, 0.15) is 0 Å². The van der Waals surface area contributed by atoms with Crippen molar-refractivity contribution in [1.82, 2.24) is 9.55 Å². The fraction of sp³-hybridized carbons (Fsp3) is 0.200. The van der Waals surface area contributed by atoms with Crippen LogP contribution in [0, 0.1) is 10.1 Å². The maximum Gasteiger partial charge on any atom is 0.434 e. The van der Waals surface area contributed by atoms with Crippen LogP contribution in [0.4, 0.5) is 0 Å². The fourth-order valence-corrected chi connectivity index (χ4v) is 0.754. The highest BCUT2D eigenvalue weighted by Crippen LogP contribution is 1.99. The smallest absolute Gasteiger partial charge is 0.358 e. The lowest BCUT2D eigenvalue weighted by atomic mass is 10.4. The van der Waals surface area contributed by atoms with Crippen LogP contribution in [0.15, 0.2) is 17.7 Å². The molecule has 0 radical (unpaired) electrons. The number of oxime groups is 1. The summed E-state index contributed by atoms with van der Waals surface area (Å²) >= 11 is 0. The summed E-state index contributed by atoms with van der Waals surface area (Å²) in [6.45, 7) is 0. The van der Waals surface area contributed by atoms with Crippen LogP contribution in [0.2, 0.25) is 0 Å². The van der Waals surface area contributed by atoms with Crippen LogP contribution in [-0.4, -0.2) is 25.5 Å². The standard InChI is InChI=1S/C5H6N4O3/c1-8-3-6-2-4(8)5(7-10)9(11)12/h2-3,10H,1H3/b7-5+. The summed E-state index contributed by atoms with van der Waals surface area (Å²) in [4.78, 5) is 13.1. The fourth-order valence-electron chi connectivity index (χ4n) is 0.754. The number of imidazole rings is 1. The van der Waals surface area contributed by atoms with Crippen molar-refractivity contribution < 1.29 is 10.1 Å². The minimum Gasteiger partial charge on any atom is -0.358 e. The normalized spacial score (nSPS) is 11.6. The van der Waals surface area contributed by atoms with Gasteiger partial charge in [-0.25, -0.2) is 4.98 Å². The van der Waals surface area contributed by atoms with Gasteiger partial charge in [0.2, 0.25) is 0 Å². The molecule has 64 valence electrons. The highest BCUT2D eigenvalue weighted by molar-refractivity contribution is 5.89. The first kappa shape index (κ1) is 8.18. The maximum absolute atomic E-state index is 10.3. The molecule has 0 amide bonds. The van der Waals surface area contributed by atoms with Gasteiger partial charge in [-0.05, 0) is 4.92 Å². The molecular formula is C5H6N4O3. The monoisotopic (exact) mass is 170 g/mol. The van der Waals surface area contributed by atoms with Gasteiger partial charge in [-0.1, -0.05) is 0 Å². The third-order valence-corrected chi connectivity index (χ3v) is 1.31. The lowest BCUT2D eigenvalue weighted by Crippen LogP contribution is -2.16. The molecule has 1 rings (SSSR count). The molecule has 0 aromatic carbocycles. The molecule has 1 heterocycles. The molecule has 1 aromatic heterocycles. The van der Waals surface area contributed by atoms with E-state index in [0.29, 0.717) is 0 Å². The van der Waals surface area contributed by atoms with Gasteiger partial charge in [0, 0.05) is 7.05 Å². The van der Waals surface area contributed by atoms with Gasteiger partial charge in [-0.2, -0.15) is 0 Å². The van der Waals surface area contributed by atoms with E-state index in [1.807, 2.05) is 0 Å². The summed E-state index contributed by atoms with van der Waals surface area (Å²) in [5, 5.41) is 21.1. The highest BCUT2D eigenvalue weighted by Gasteiger charge is 2.19. The Balaban J connectivity index is 3.13. The Morgan fingerprint density at radius 1 is 1.92 bits per heavy atom. The zero-order valence-electron chi connectivity index (χ0n) is 6.21. The van der Waals surface area contributed by atoms with Crippen molar-refractivity contribution in [2.24, 2.45) is 12.2 Å². The summed E-state index contributed by atoms with van der Waals surface area (Å²) in [5.74, 6) is -0.616. The van der Waals surface area contributed by atoms with E-state index in [2.05, 4.69) is 10.1 Å². The second-order valence-electron chi connectivity index (χ2n) is 2.07. The van der Waals surface area contributed by atoms with Gasteiger partial charge in [0.05, 0.1) is 12.5 Å².